The van der Waals surface area contributed by atoms with Crippen molar-refractivity contribution < 1.29 is 4.79 Å². The molecule has 0 bridgehead atoms. The lowest BCUT2D eigenvalue weighted by atomic mass is 10.00. The molecule has 8 aromatic rings. The molecule has 0 spiro atoms. The molecule has 0 N–H and O–H groups in total. The standard InChI is InChI=1S/C37H21N3O/c41-36-26-15-7-6-14-25(26)28-20-30-33(21-29(28)36)40(32-19-18-22-10-4-5-13-24(22)34(30)32)37-38-31-17-9-8-16-27(31)35(39-37)23-11-2-1-3-12-23/h1-21H. The lowest BCUT2D eigenvalue weighted by molar-refractivity contribution is 0.104. The SMILES string of the molecule is O=C1c2ccccc2-c2cc3c4c5ccccc5ccc4n(-c4nc(-c5ccccc5)c5ccccc5n4)c3cc21. The normalized spacial score (nSPS) is 12.4. The number of para-hydroxylation sites is 1. The summed E-state index contributed by atoms with van der Waals surface area (Å²) >= 11 is 0. The van der Waals surface area contributed by atoms with Crippen LogP contribution in [0, 0.1) is 0 Å². The Morgan fingerprint density at radius 1 is 0.512 bits per heavy atom. The maximum Gasteiger partial charge on any atom is 0.235 e. The van der Waals surface area contributed by atoms with Crippen LogP contribution in [0.5, 0.6) is 0 Å². The Labute approximate surface area is 235 Å². The van der Waals surface area contributed by atoms with E-state index in [1.807, 2.05) is 66.7 Å². The number of hydrogen-bond donors (Lipinski definition) is 0. The molecule has 1 aliphatic rings. The fraction of sp³-hybridized carbons (Fsp3) is 0. The lowest BCUT2D eigenvalue weighted by Crippen LogP contribution is -2.04. The van der Waals surface area contributed by atoms with Gasteiger partial charge < -0.3 is 0 Å². The first kappa shape index (κ1) is 22.2. The van der Waals surface area contributed by atoms with Crippen LogP contribution in [0.25, 0.3) is 71.8 Å². The first-order valence-corrected chi connectivity index (χ1v) is 13.7. The van der Waals surface area contributed by atoms with E-state index in [-0.39, 0.29) is 5.78 Å². The van der Waals surface area contributed by atoms with Crippen molar-refractivity contribution in [2.24, 2.45) is 0 Å². The molecular formula is C37H21N3O. The van der Waals surface area contributed by atoms with Gasteiger partial charge in [0, 0.05) is 32.8 Å². The summed E-state index contributed by atoms with van der Waals surface area (Å²) in [4.78, 5) is 23.9. The van der Waals surface area contributed by atoms with E-state index in [1.54, 1.807) is 0 Å². The molecule has 1 aliphatic carbocycles. The minimum atomic E-state index is 0.0589. The van der Waals surface area contributed by atoms with Crippen molar-refractivity contribution in [3.63, 3.8) is 0 Å². The van der Waals surface area contributed by atoms with E-state index >= 15 is 0 Å². The predicted molar refractivity (Wildman–Crippen MR) is 166 cm³/mol. The van der Waals surface area contributed by atoms with Crippen molar-refractivity contribution in [1.82, 2.24) is 14.5 Å². The molecule has 2 heterocycles. The van der Waals surface area contributed by atoms with Crippen molar-refractivity contribution in [2.75, 3.05) is 0 Å². The highest BCUT2D eigenvalue weighted by Gasteiger charge is 2.29. The summed E-state index contributed by atoms with van der Waals surface area (Å²) < 4.78 is 2.13. The predicted octanol–water partition coefficient (Wildman–Crippen LogP) is 8.76. The first-order chi connectivity index (χ1) is 20.3. The highest BCUT2D eigenvalue weighted by Crippen LogP contribution is 2.44. The van der Waals surface area contributed by atoms with E-state index in [2.05, 4.69) is 65.2 Å². The summed E-state index contributed by atoms with van der Waals surface area (Å²) in [6, 6.07) is 43.3. The number of rotatable bonds is 2. The van der Waals surface area contributed by atoms with Gasteiger partial charge in [0.25, 0.3) is 0 Å². The highest BCUT2D eigenvalue weighted by molar-refractivity contribution is 6.27. The van der Waals surface area contributed by atoms with Gasteiger partial charge in [-0.1, -0.05) is 103 Å². The maximum atomic E-state index is 13.6. The monoisotopic (exact) mass is 523 g/mol. The van der Waals surface area contributed by atoms with Gasteiger partial charge in [0.1, 0.15) is 0 Å². The van der Waals surface area contributed by atoms with Crippen molar-refractivity contribution in [2.45, 2.75) is 0 Å². The van der Waals surface area contributed by atoms with Gasteiger partial charge in [0.15, 0.2) is 5.78 Å². The Kier molecular flexibility index (Phi) is 4.44. The van der Waals surface area contributed by atoms with Crippen LogP contribution >= 0.6 is 0 Å². The smallest absolute Gasteiger partial charge is 0.235 e. The zero-order valence-electron chi connectivity index (χ0n) is 21.9. The highest BCUT2D eigenvalue weighted by atomic mass is 16.1. The van der Waals surface area contributed by atoms with Crippen molar-refractivity contribution in [1.29, 1.82) is 0 Å². The largest absolute Gasteiger partial charge is 0.289 e. The molecule has 0 atom stereocenters. The van der Waals surface area contributed by atoms with Gasteiger partial charge in [-0.15, -0.1) is 0 Å². The molecule has 0 aliphatic heterocycles. The van der Waals surface area contributed by atoms with Crippen LogP contribution in [-0.4, -0.2) is 20.3 Å². The summed E-state index contributed by atoms with van der Waals surface area (Å²) in [5.74, 6) is 0.643. The lowest BCUT2D eigenvalue weighted by Gasteiger charge is -2.12. The minimum absolute atomic E-state index is 0.0589. The molecule has 2 aromatic heterocycles. The molecule has 9 rings (SSSR count). The molecule has 41 heavy (non-hydrogen) atoms. The number of carbonyl (C=O) groups is 1. The third-order valence-electron chi connectivity index (χ3n) is 8.34. The van der Waals surface area contributed by atoms with Gasteiger partial charge in [0.2, 0.25) is 5.95 Å². The average molecular weight is 524 g/mol. The Hall–Kier alpha value is -5.61. The second-order valence-corrected chi connectivity index (χ2v) is 10.6. The second-order valence-electron chi connectivity index (χ2n) is 10.6. The minimum Gasteiger partial charge on any atom is -0.289 e. The molecule has 0 saturated carbocycles. The number of carbonyl (C=O) groups excluding carboxylic acids is 1. The molecule has 4 nitrogen and oxygen atoms in total. The Bertz CT molecular complexity index is 2380. The zero-order valence-corrected chi connectivity index (χ0v) is 21.9. The Morgan fingerprint density at radius 3 is 2.12 bits per heavy atom. The third-order valence-corrected chi connectivity index (χ3v) is 8.34. The molecule has 0 amide bonds. The molecule has 190 valence electrons. The van der Waals surface area contributed by atoms with Crippen LogP contribution in [0.15, 0.2) is 127 Å². The average Bonchev–Trinajstić information content (AvgIpc) is 3.51. The van der Waals surface area contributed by atoms with Gasteiger partial charge in [-0.3, -0.25) is 9.36 Å². The van der Waals surface area contributed by atoms with Crippen LogP contribution in [-0.2, 0) is 0 Å². The molecule has 0 saturated heterocycles. The third kappa shape index (κ3) is 3.07. The molecule has 6 aromatic carbocycles. The van der Waals surface area contributed by atoms with Gasteiger partial charge in [-0.05, 0) is 46.2 Å². The summed E-state index contributed by atoms with van der Waals surface area (Å²) in [7, 11) is 0. The zero-order chi connectivity index (χ0) is 27.1. The van der Waals surface area contributed by atoms with E-state index in [0.717, 1.165) is 71.6 Å². The number of hydrogen-bond acceptors (Lipinski definition) is 3. The Morgan fingerprint density at radius 2 is 1.24 bits per heavy atom. The quantitative estimate of drug-likeness (QED) is 0.228. The van der Waals surface area contributed by atoms with Crippen LogP contribution < -0.4 is 0 Å². The van der Waals surface area contributed by atoms with Gasteiger partial charge in [0.05, 0.1) is 22.2 Å². The summed E-state index contributed by atoms with van der Waals surface area (Å²) in [5.41, 5.74) is 8.16. The number of benzene rings is 6. The summed E-state index contributed by atoms with van der Waals surface area (Å²) in [6.07, 6.45) is 0. The van der Waals surface area contributed by atoms with Gasteiger partial charge in [-0.2, -0.15) is 0 Å². The first-order valence-electron chi connectivity index (χ1n) is 13.7. The van der Waals surface area contributed by atoms with Crippen molar-refractivity contribution in [3.05, 3.63) is 139 Å². The second kappa shape index (κ2) is 8.20. The molecule has 0 unspecified atom stereocenters. The van der Waals surface area contributed by atoms with Gasteiger partial charge in [-0.25, -0.2) is 9.97 Å². The maximum absolute atomic E-state index is 13.6. The summed E-state index contributed by atoms with van der Waals surface area (Å²) in [6.45, 7) is 0. The number of fused-ring (bicyclic) bond motifs is 9. The Balaban J connectivity index is 1.45. The summed E-state index contributed by atoms with van der Waals surface area (Å²) in [5, 5.41) is 5.55. The van der Waals surface area contributed by atoms with Crippen molar-refractivity contribution >= 4 is 49.3 Å². The van der Waals surface area contributed by atoms with Crippen LogP contribution in [0.4, 0.5) is 0 Å². The van der Waals surface area contributed by atoms with E-state index in [1.165, 1.54) is 5.39 Å². The van der Waals surface area contributed by atoms with Crippen LogP contribution in [0.1, 0.15) is 15.9 Å². The number of aromatic nitrogens is 3. The number of ketones is 1. The molecule has 0 fully saturated rings. The van der Waals surface area contributed by atoms with E-state index in [4.69, 9.17) is 9.97 Å². The van der Waals surface area contributed by atoms with E-state index < -0.39 is 0 Å². The topological polar surface area (TPSA) is 47.8 Å². The van der Waals surface area contributed by atoms with Crippen LogP contribution in [0.2, 0.25) is 0 Å². The van der Waals surface area contributed by atoms with Crippen LogP contribution in [0.3, 0.4) is 0 Å². The van der Waals surface area contributed by atoms with E-state index in [0.29, 0.717) is 5.95 Å². The van der Waals surface area contributed by atoms with Crippen molar-refractivity contribution in [3.8, 4) is 28.3 Å². The van der Waals surface area contributed by atoms with E-state index in [9.17, 15) is 4.79 Å². The fourth-order valence-electron chi connectivity index (χ4n) is 6.50. The fourth-order valence-corrected chi connectivity index (χ4v) is 6.50. The number of nitrogens with zero attached hydrogens (tertiary/aromatic N) is 3. The molecule has 0 radical (unpaired) electrons. The molecule has 4 heteroatoms. The molecular weight excluding hydrogens is 502 g/mol. The van der Waals surface area contributed by atoms with Gasteiger partial charge >= 0.3 is 0 Å².